The lowest BCUT2D eigenvalue weighted by atomic mass is 10.0. The van der Waals surface area contributed by atoms with Crippen LogP contribution >= 0.6 is 12.0 Å². The van der Waals surface area contributed by atoms with E-state index in [0.717, 1.165) is 5.75 Å². The van der Waals surface area contributed by atoms with Gasteiger partial charge in [-0.3, -0.25) is 4.79 Å². The number of unbranched alkanes of at least 4 members (excludes halogenated alkanes) is 29. The number of carbonyl (C=O) groups excluding carboxylic acids is 1. The van der Waals surface area contributed by atoms with Gasteiger partial charge < -0.3 is 4.18 Å². The van der Waals surface area contributed by atoms with Crippen LogP contribution in [0.1, 0.15) is 213 Å². The third-order valence-electron chi connectivity index (χ3n) is 8.02. The topological polar surface area (TPSA) is 26.3 Å². The first-order valence-corrected chi connectivity index (χ1v) is 18.5. The van der Waals surface area contributed by atoms with Gasteiger partial charge in [-0.15, -0.1) is 0 Å². The molecule has 0 amide bonds. The van der Waals surface area contributed by atoms with Gasteiger partial charge >= 0.3 is 5.97 Å². The summed E-state index contributed by atoms with van der Waals surface area (Å²) in [5, 5.41) is 0. The van der Waals surface area contributed by atoms with Gasteiger partial charge in [-0.2, -0.15) is 0 Å². The summed E-state index contributed by atoms with van der Waals surface area (Å²) in [5.41, 5.74) is 0. The first kappa shape index (κ1) is 37.8. The van der Waals surface area contributed by atoms with E-state index in [1.165, 1.54) is 205 Å². The standard InChI is InChI=1S/C35H70O2S/c1-3-5-6-7-8-9-10-11-12-13-14-15-16-17-18-19-20-21-22-23-24-25-26-27-28-29-30-31-32-33-34-38-37-35(36)4-2/h3-34H2,1-2H3. The van der Waals surface area contributed by atoms with Crippen LogP contribution < -0.4 is 0 Å². The molecule has 0 aromatic carbocycles. The Balaban J connectivity index is 3.03. The predicted molar refractivity (Wildman–Crippen MR) is 173 cm³/mol. The fourth-order valence-electron chi connectivity index (χ4n) is 5.35. The van der Waals surface area contributed by atoms with Crippen molar-refractivity contribution in [3.8, 4) is 0 Å². The summed E-state index contributed by atoms with van der Waals surface area (Å²) < 4.78 is 5.03. The highest BCUT2D eigenvalue weighted by atomic mass is 32.2. The molecule has 0 aliphatic carbocycles. The fourth-order valence-corrected chi connectivity index (χ4v) is 6.00. The van der Waals surface area contributed by atoms with Crippen molar-refractivity contribution >= 4 is 18.0 Å². The molecule has 0 heterocycles. The Kier molecular flexibility index (Phi) is 34.7. The van der Waals surface area contributed by atoms with Crippen molar-refractivity contribution in [3.05, 3.63) is 0 Å². The van der Waals surface area contributed by atoms with Crippen molar-refractivity contribution in [2.24, 2.45) is 0 Å². The molecule has 0 atom stereocenters. The van der Waals surface area contributed by atoms with Gasteiger partial charge in [-0.05, 0) is 6.42 Å². The van der Waals surface area contributed by atoms with Crippen molar-refractivity contribution in [1.82, 2.24) is 0 Å². The molecule has 0 saturated carbocycles. The zero-order chi connectivity index (χ0) is 27.6. The first-order chi connectivity index (χ1) is 18.8. The predicted octanol–water partition coefficient (Wildman–Crippen LogP) is 13.3. The van der Waals surface area contributed by atoms with E-state index >= 15 is 0 Å². The Morgan fingerprint density at radius 2 is 0.632 bits per heavy atom. The van der Waals surface area contributed by atoms with Crippen LogP contribution in [0.2, 0.25) is 0 Å². The molecule has 38 heavy (non-hydrogen) atoms. The molecule has 2 nitrogen and oxygen atoms in total. The molecular formula is C35H70O2S. The summed E-state index contributed by atoms with van der Waals surface area (Å²) in [4.78, 5) is 11.0. The Morgan fingerprint density at radius 1 is 0.395 bits per heavy atom. The van der Waals surface area contributed by atoms with E-state index in [1.807, 2.05) is 6.92 Å². The van der Waals surface area contributed by atoms with Gasteiger partial charge in [0.2, 0.25) is 0 Å². The highest BCUT2D eigenvalue weighted by molar-refractivity contribution is 7.95. The van der Waals surface area contributed by atoms with Crippen molar-refractivity contribution in [1.29, 1.82) is 0 Å². The zero-order valence-electron chi connectivity index (χ0n) is 26.4. The molecule has 0 aromatic heterocycles. The van der Waals surface area contributed by atoms with Crippen LogP contribution in [0.3, 0.4) is 0 Å². The number of rotatable bonds is 33. The molecule has 0 aliphatic heterocycles. The Morgan fingerprint density at radius 3 is 0.868 bits per heavy atom. The Bertz CT molecular complexity index is 440. The smallest absolute Gasteiger partial charge is 0.317 e. The highest BCUT2D eigenvalue weighted by Gasteiger charge is 1.99. The molecule has 228 valence electrons. The molecule has 0 fully saturated rings. The maximum Gasteiger partial charge on any atom is 0.317 e. The van der Waals surface area contributed by atoms with Crippen LogP contribution in [0.5, 0.6) is 0 Å². The Hall–Kier alpha value is -0.180. The molecule has 0 saturated heterocycles. The van der Waals surface area contributed by atoms with Crippen LogP contribution in [0.15, 0.2) is 0 Å². The van der Waals surface area contributed by atoms with Crippen molar-refractivity contribution in [2.45, 2.75) is 213 Å². The number of carbonyl (C=O) groups is 1. The lowest BCUT2D eigenvalue weighted by Gasteiger charge is -2.05. The minimum absolute atomic E-state index is 0.0967. The average Bonchev–Trinajstić information content (AvgIpc) is 2.93. The van der Waals surface area contributed by atoms with Crippen molar-refractivity contribution < 1.29 is 8.98 Å². The van der Waals surface area contributed by atoms with E-state index in [4.69, 9.17) is 4.18 Å². The van der Waals surface area contributed by atoms with Crippen LogP contribution in [-0.2, 0) is 8.98 Å². The summed E-state index contributed by atoms with van der Waals surface area (Å²) in [6.45, 7) is 4.14. The van der Waals surface area contributed by atoms with Gasteiger partial charge in [0.1, 0.15) is 0 Å². The van der Waals surface area contributed by atoms with Gasteiger partial charge in [0.15, 0.2) is 0 Å². The van der Waals surface area contributed by atoms with Gasteiger partial charge in [-0.1, -0.05) is 200 Å². The molecular weight excluding hydrogens is 484 g/mol. The highest BCUT2D eigenvalue weighted by Crippen LogP contribution is 2.17. The van der Waals surface area contributed by atoms with E-state index in [2.05, 4.69) is 6.92 Å². The van der Waals surface area contributed by atoms with E-state index in [0.29, 0.717) is 6.42 Å². The second-order valence-corrected chi connectivity index (χ2v) is 12.7. The summed E-state index contributed by atoms with van der Waals surface area (Å²) in [7, 11) is 0. The van der Waals surface area contributed by atoms with E-state index in [-0.39, 0.29) is 5.97 Å². The van der Waals surface area contributed by atoms with Gasteiger partial charge in [-0.25, -0.2) is 0 Å². The monoisotopic (exact) mass is 555 g/mol. The normalized spacial score (nSPS) is 11.3. The van der Waals surface area contributed by atoms with Crippen molar-refractivity contribution in [3.63, 3.8) is 0 Å². The number of hydrogen-bond donors (Lipinski definition) is 0. The lowest BCUT2D eigenvalue weighted by molar-refractivity contribution is -0.132. The van der Waals surface area contributed by atoms with Crippen LogP contribution in [0.4, 0.5) is 0 Å². The van der Waals surface area contributed by atoms with Crippen molar-refractivity contribution in [2.75, 3.05) is 5.75 Å². The molecule has 0 bridgehead atoms. The minimum atomic E-state index is -0.0967. The summed E-state index contributed by atoms with van der Waals surface area (Å²) >= 11 is 1.33. The fraction of sp³-hybridized carbons (Fsp3) is 0.971. The second kappa shape index (κ2) is 34.8. The molecule has 0 rings (SSSR count). The van der Waals surface area contributed by atoms with Crippen LogP contribution in [0.25, 0.3) is 0 Å². The molecule has 0 aromatic rings. The number of hydrogen-bond acceptors (Lipinski definition) is 3. The van der Waals surface area contributed by atoms with E-state index < -0.39 is 0 Å². The molecule has 0 radical (unpaired) electrons. The quantitative estimate of drug-likeness (QED) is 0.0596. The molecule has 3 heteroatoms. The zero-order valence-corrected chi connectivity index (χ0v) is 27.2. The lowest BCUT2D eigenvalue weighted by Crippen LogP contribution is -1.96. The van der Waals surface area contributed by atoms with Gasteiger partial charge in [0.25, 0.3) is 0 Å². The third-order valence-corrected chi connectivity index (χ3v) is 8.78. The summed E-state index contributed by atoms with van der Waals surface area (Å²) in [5.74, 6) is 0.853. The SMILES string of the molecule is CCCCCCCCCCCCCCCCCCCCCCCCCCCCCCCCSOC(=O)CC. The summed E-state index contributed by atoms with van der Waals surface area (Å²) in [6, 6.07) is 0. The second-order valence-electron chi connectivity index (χ2n) is 11.9. The van der Waals surface area contributed by atoms with Crippen LogP contribution in [-0.4, -0.2) is 11.7 Å². The largest absolute Gasteiger partial charge is 0.391 e. The van der Waals surface area contributed by atoms with E-state index in [1.54, 1.807) is 0 Å². The first-order valence-electron chi connectivity index (χ1n) is 17.6. The maximum atomic E-state index is 11.0. The van der Waals surface area contributed by atoms with Crippen LogP contribution in [0, 0.1) is 0 Å². The van der Waals surface area contributed by atoms with E-state index in [9.17, 15) is 4.79 Å². The molecule has 0 aliphatic rings. The van der Waals surface area contributed by atoms with Gasteiger partial charge in [0.05, 0.1) is 12.0 Å². The van der Waals surface area contributed by atoms with Gasteiger partial charge in [0, 0.05) is 12.2 Å². The average molecular weight is 555 g/mol. The minimum Gasteiger partial charge on any atom is -0.391 e. The molecule has 0 unspecified atom stereocenters. The third kappa shape index (κ3) is 33.8. The Labute approximate surface area is 245 Å². The molecule has 0 spiro atoms. The molecule has 0 N–H and O–H groups in total. The maximum absolute atomic E-state index is 11.0. The summed E-state index contributed by atoms with van der Waals surface area (Å²) in [6.07, 6.45) is 43.6.